The van der Waals surface area contributed by atoms with Crippen molar-refractivity contribution in [3.63, 3.8) is 0 Å². The van der Waals surface area contributed by atoms with Gasteiger partial charge in [0, 0.05) is 5.56 Å². The van der Waals surface area contributed by atoms with Crippen molar-refractivity contribution in [3.05, 3.63) is 47.0 Å². The van der Waals surface area contributed by atoms with Gasteiger partial charge in [-0.1, -0.05) is 37.3 Å². The summed E-state index contributed by atoms with van der Waals surface area (Å²) in [5.74, 6) is 0.160. The Morgan fingerprint density at radius 1 is 1.36 bits per heavy atom. The van der Waals surface area contributed by atoms with E-state index in [9.17, 15) is 4.79 Å². The van der Waals surface area contributed by atoms with E-state index in [1.54, 1.807) is 0 Å². The number of allylic oxidation sites excluding steroid dienone is 2. The Hall–Kier alpha value is -1.37. The Balaban J connectivity index is 3.07. The Morgan fingerprint density at radius 3 is 2.50 bits per heavy atom. The minimum Gasteiger partial charge on any atom is -0.289 e. The number of carbonyl (C=O) groups excluding carboxylic acids is 1. The molecule has 74 valence electrons. The molecule has 0 amide bonds. The highest BCUT2D eigenvalue weighted by molar-refractivity contribution is 6.09. The van der Waals surface area contributed by atoms with Gasteiger partial charge in [0.05, 0.1) is 0 Å². The maximum absolute atomic E-state index is 12.0. The zero-order valence-electron chi connectivity index (χ0n) is 9.00. The van der Waals surface area contributed by atoms with Gasteiger partial charge in [-0.3, -0.25) is 4.79 Å². The zero-order chi connectivity index (χ0) is 10.6. The summed E-state index contributed by atoms with van der Waals surface area (Å²) in [4.78, 5) is 12.0. The third-order valence-corrected chi connectivity index (χ3v) is 2.41. The summed E-state index contributed by atoms with van der Waals surface area (Å²) in [5, 5.41) is 0. The molecule has 0 aromatic heterocycles. The Morgan fingerprint density at radius 2 is 2.00 bits per heavy atom. The van der Waals surface area contributed by atoms with Gasteiger partial charge in [-0.25, -0.2) is 0 Å². The molecular weight excluding hydrogens is 172 g/mol. The third kappa shape index (κ3) is 2.11. The number of carbonyl (C=O) groups is 1. The van der Waals surface area contributed by atoms with E-state index in [2.05, 4.69) is 0 Å². The SMILES string of the molecule is C/C=C(/CC)C(=O)c1ccccc1C. The van der Waals surface area contributed by atoms with Crippen molar-refractivity contribution in [2.45, 2.75) is 27.2 Å². The first-order valence-electron chi connectivity index (χ1n) is 4.96. The van der Waals surface area contributed by atoms with Crippen molar-refractivity contribution >= 4 is 5.78 Å². The van der Waals surface area contributed by atoms with Gasteiger partial charge in [0.2, 0.25) is 0 Å². The number of hydrogen-bond acceptors (Lipinski definition) is 1. The first kappa shape index (κ1) is 10.7. The van der Waals surface area contributed by atoms with Crippen LogP contribution in [-0.2, 0) is 0 Å². The van der Waals surface area contributed by atoms with Crippen LogP contribution in [0.3, 0.4) is 0 Å². The lowest BCUT2D eigenvalue weighted by molar-refractivity contribution is 0.103. The lowest BCUT2D eigenvalue weighted by atomic mass is 9.98. The van der Waals surface area contributed by atoms with E-state index < -0.39 is 0 Å². The number of Topliss-reactive ketones (excluding diaryl/α,β-unsaturated/α-hetero) is 1. The highest BCUT2D eigenvalue weighted by Crippen LogP contribution is 2.14. The van der Waals surface area contributed by atoms with Gasteiger partial charge >= 0.3 is 0 Å². The van der Waals surface area contributed by atoms with Crippen LogP contribution in [-0.4, -0.2) is 5.78 Å². The molecule has 0 saturated heterocycles. The van der Waals surface area contributed by atoms with E-state index in [1.165, 1.54) is 0 Å². The van der Waals surface area contributed by atoms with E-state index in [1.807, 2.05) is 51.1 Å². The molecule has 0 atom stereocenters. The minimum absolute atomic E-state index is 0.160. The fourth-order valence-corrected chi connectivity index (χ4v) is 1.50. The lowest BCUT2D eigenvalue weighted by Gasteiger charge is -2.05. The van der Waals surface area contributed by atoms with Crippen molar-refractivity contribution in [1.29, 1.82) is 0 Å². The second kappa shape index (κ2) is 4.75. The fourth-order valence-electron chi connectivity index (χ4n) is 1.50. The fraction of sp³-hybridized carbons (Fsp3) is 0.308. The van der Waals surface area contributed by atoms with Gasteiger partial charge in [-0.2, -0.15) is 0 Å². The van der Waals surface area contributed by atoms with Gasteiger partial charge in [0.15, 0.2) is 5.78 Å². The van der Waals surface area contributed by atoms with Gasteiger partial charge < -0.3 is 0 Å². The summed E-state index contributed by atoms with van der Waals surface area (Å²) in [6, 6.07) is 7.71. The predicted molar refractivity (Wildman–Crippen MR) is 59.6 cm³/mol. The molecule has 1 heteroatoms. The third-order valence-electron chi connectivity index (χ3n) is 2.41. The summed E-state index contributed by atoms with van der Waals surface area (Å²) < 4.78 is 0. The summed E-state index contributed by atoms with van der Waals surface area (Å²) in [6.07, 6.45) is 2.69. The molecular formula is C13H16O. The van der Waals surface area contributed by atoms with E-state index in [0.29, 0.717) is 0 Å². The standard InChI is InChI=1S/C13H16O/c1-4-11(5-2)13(14)12-9-7-6-8-10(12)3/h4,6-9H,5H2,1-3H3/b11-4-. The molecule has 0 aliphatic rings. The Bertz CT molecular complexity index is 361. The lowest BCUT2D eigenvalue weighted by Crippen LogP contribution is -2.04. The number of benzene rings is 1. The predicted octanol–water partition coefficient (Wildman–Crippen LogP) is 3.53. The van der Waals surface area contributed by atoms with Gasteiger partial charge in [-0.15, -0.1) is 0 Å². The van der Waals surface area contributed by atoms with Crippen molar-refractivity contribution in [2.24, 2.45) is 0 Å². The number of hydrogen-bond donors (Lipinski definition) is 0. The summed E-state index contributed by atoms with van der Waals surface area (Å²) in [5.41, 5.74) is 2.76. The molecule has 1 aromatic rings. The molecule has 0 saturated carbocycles. The quantitative estimate of drug-likeness (QED) is 0.524. The molecule has 0 spiro atoms. The molecule has 1 aromatic carbocycles. The van der Waals surface area contributed by atoms with Crippen LogP contribution in [0.4, 0.5) is 0 Å². The normalized spacial score (nSPS) is 11.5. The van der Waals surface area contributed by atoms with Crippen LogP contribution in [0.25, 0.3) is 0 Å². The summed E-state index contributed by atoms with van der Waals surface area (Å²) in [6.45, 7) is 5.89. The first-order valence-corrected chi connectivity index (χ1v) is 4.96. The number of rotatable bonds is 3. The molecule has 14 heavy (non-hydrogen) atoms. The zero-order valence-corrected chi connectivity index (χ0v) is 9.00. The highest BCUT2D eigenvalue weighted by Gasteiger charge is 2.10. The first-order chi connectivity index (χ1) is 6.70. The second-order valence-corrected chi connectivity index (χ2v) is 3.31. The Kier molecular flexibility index (Phi) is 3.63. The average molecular weight is 188 g/mol. The van der Waals surface area contributed by atoms with E-state index in [-0.39, 0.29) is 5.78 Å². The topological polar surface area (TPSA) is 17.1 Å². The van der Waals surface area contributed by atoms with Crippen molar-refractivity contribution in [3.8, 4) is 0 Å². The average Bonchev–Trinajstić information content (AvgIpc) is 2.20. The largest absolute Gasteiger partial charge is 0.289 e. The summed E-state index contributed by atoms with van der Waals surface area (Å²) in [7, 11) is 0. The smallest absolute Gasteiger partial charge is 0.188 e. The molecule has 1 rings (SSSR count). The molecule has 1 nitrogen and oxygen atoms in total. The highest BCUT2D eigenvalue weighted by atomic mass is 16.1. The molecule has 0 bridgehead atoms. The van der Waals surface area contributed by atoms with Crippen LogP contribution in [0.2, 0.25) is 0 Å². The van der Waals surface area contributed by atoms with Crippen molar-refractivity contribution in [1.82, 2.24) is 0 Å². The van der Waals surface area contributed by atoms with Gasteiger partial charge in [0.1, 0.15) is 0 Å². The monoisotopic (exact) mass is 188 g/mol. The van der Waals surface area contributed by atoms with Crippen LogP contribution in [0, 0.1) is 6.92 Å². The van der Waals surface area contributed by atoms with E-state index >= 15 is 0 Å². The summed E-state index contributed by atoms with van der Waals surface area (Å²) >= 11 is 0. The maximum atomic E-state index is 12.0. The molecule has 0 aliphatic heterocycles. The van der Waals surface area contributed by atoms with Crippen LogP contribution in [0.15, 0.2) is 35.9 Å². The van der Waals surface area contributed by atoms with Gasteiger partial charge in [-0.05, 0) is 31.4 Å². The molecule has 0 fully saturated rings. The van der Waals surface area contributed by atoms with Crippen molar-refractivity contribution < 1.29 is 4.79 Å². The number of ketones is 1. The number of aryl methyl sites for hydroxylation is 1. The van der Waals surface area contributed by atoms with Gasteiger partial charge in [0.25, 0.3) is 0 Å². The van der Waals surface area contributed by atoms with Crippen LogP contribution in [0.1, 0.15) is 36.2 Å². The molecule has 0 heterocycles. The molecule has 0 N–H and O–H groups in total. The molecule has 0 radical (unpaired) electrons. The van der Waals surface area contributed by atoms with Crippen molar-refractivity contribution in [2.75, 3.05) is 0 Å². The second-order valence-electron chi connectivity index (χ2n) is 3.31. The molecule has 0 aliphatic carbocycles. The van der Waals surface area contributed by atoms with Crippen LogP contribution < -0.4 is 0 Å². The van der Waals surface area contributed by atoms with E-state index in [0.717, 1.165) is 23.1 Å². The minimum atomic E-state index is 0.160. The van der Waals surface area contributed by atoms with E-state index in [4.69, 9.17) is 0 Å². The van der Waals surface area contributed by atoms with Crippen LogP contribution >= 0.6 is 0 Å². The molecule has 0 unspecified atom stereocenters. The van der Waals surface area contributed by atoms with Crippen LogP contribution in [0.5, 0.6) is 0 Å². The Labute approximate surface area is 85.5 Å². The maximum Gasteiger partial charge on any atom is 0.188 e.